The SMILES string of the molecule is Cc1ccc(C2=NN(S(C)(=O)=O)C(c3ccc(Cl)cc3)C2)cc1. The number of halogens is 1. The molecule has 0 radical (unpaired) electrons. The van der Waals surface area contributed by atoms with Crippen molar-refractivity contribution < 1.29 is 8.42 Å². The largest absolute Gasteiger partial charge is 0.247 e. The van der Waals surface area contributed by atoms with E-state index in [2.05, 4.69) is 5.10 Å². The lowest BCUT2D eigenvalue weighted by Gasteiger charge is -2.21. The molecule has 4 nitrogen and oxygen atoms in total. The molecule has 1 heterocycles. The van der Waals surface area contributed by atoms with Crippen LogP contribution >= 0.6 is 11.6 Å². The summed E-state index contributed by atoms with van der Waals surface area (Å²) in [5.41, 5.74) is 3.75. The summed E-state index contributed by atoms with van der Waals surface area (Å²) >= 11 is 5.92. The van der Waals surface area contributed by atoms with Gasteiger partial charge < -0.3 is 0 Å². The molecule has 0 aliphatic carbocycles. The van der Waals surface area contributed by atoms with Crippen LogP contribution in [0.3, 0.4) is 0 Å². The number of rotatable bonds is 3. The van der Waals surface area contributed by atoms with Gasteiger partial charge in [-0.3, -0.25) is 0 Å². The van der Waals surface area contributed by atoms with Crippen LogP contribution in [-0.2, 0) is 10.0 Å². The molecule has 0 spiro atoms. The predicted molar refractivity (Wildman–Crippen MR) is 93.2 cm³/mol. The maximum Gasteiger partial charge on any atom is 0.247 e. The molecule has 0 N–H and O–H groups in total. The molecule has 1 atom stereocenters. The maximum absolute atomic E-state index is 12.1. The fourth-order valence-corrected chi connectivity index (χ4v) is 3.68. The van der Waals surface area contributed by atoms with Crippen LogP contribution in [0, 0.1) is 6.92 Å². The van der Waals surface area contributed by atoms with Gasteiger partial charge in [-0.15, -0.1) is 0 Å². The number of hydrazone groups is 1. The van der Waals surface area contributed by atoms with E-state index in [0.29, 0.717) is 11.4 Å². The van der Waals surface area contributed by atoms with Gasteiger partial charge in [0.25, 0.3) is 0 Å². The molecule has 0 bridgehead atoms. The Morgan fingerprint density at radius 1 is 1.09 bits per heavy atom. The summed E-state index contributed by atoms with van der Waals surface area (Å²) in [5, 5.41) is 4.99. The van der Waals surface area contributed by atoms with Crippen LogP contribution in [0.25, 0.3) is 0 Å². The van der Waals surface area contributed by atoms with Crippen molar-refractivity contribution in [2.45, 2.75) is 19.4 Å². The lowest BCUT2D eigenvalue weighted by Crippen LogP contribution is -2.25. The molecule has 1 unspecified atom stereocenters. The van der Waals surface area contributed by atoms with Crippen LogP contribution in [0.15, 0.2) is 53.6 Å². The van der Waals surface area contributed by atoms with Crippen LogP contribution in [0.1, 0.15) is 29.2 Å². The van der Waals surface area contributed by atoms with Gasteiger partial charge in [0.2, 0.25) is 10.0 Å². The Balaban J connectivity index is 1.99. The Hall–Kier alpha value is -1.85. The van der Waals surface area contributed by atoms with E-state index in [9.17, 15) is 8.42 Å². The summed E-state index contributed by atoms with van der Waals surface area (Å²) in [7, 11) is -3.45. The molecular formula is C17H17ClN2O2S. The molecule has 120 valence electrons. The van der Waals surface area contributed by atoms with Gasteiger partial charge in [-0.1, -0.05) is 53.6 Å². The monoisotopic (exact) mass is 348 g/mol. The summed E-state index contributed by atoms with van der Waals surface area (Å²) < 4.78 is 25.4. The lowest BCUT2D eigenvalue weighted by molar-refractivity contribution is 0.375. The van der Waals surface area contributed by atoms with Gasteiger partial charge in [-0.2, -0.15) is 9.52 Å². The first-order chi connectivity index (χ1) is 10.8. The number of hydrogen-bond donors (Lipinski definition) is 0. The zero-order chi connectivity index (χ0) is 16.6. The maximum atomic E-state index is 12.1. The van der Waals surface area contributed by atoms with Crippen molar-refractivity contribution >= 4 is 27.3 Å². The van der Waals surface area contributed by atoms with Crippen molar-refractivity contribution in [2.24, 2.45) is 5.10 Å². The van der Waals surface area contributed by atoms with E-state index < -0.39 is 10.0 Å². The summed E-state index contributed by atoms with van der Waals surface area (Å²) in [6.07, 6.45) is 1.72. The molecule has 1 aliphatic heterocycles. The van der Waals surface area contributed by atoms with E-state index in [1.54, 1.807) is 12.1 Å². The van der Waals surface area contributed by atoms with Crippen LogP contribution in [0.5, 0.6) is 0 Å². The number of aryl methyl sites for hydroxylation is 1. The summed E-state index contributed by atoms with van der Waals surface area (Å²) in [6, 6.07) is 14.8. The Bertz CT molecular complexity index is 843. The van der Waals surface area contributed by atoms with Gasteiger partial charge in [0.05, 0.1) is 18.0 Å². The minimum Gasteiger partial charge on any atom is -0.205 e. The second kappa shape index (κ2) is 5.98. The third-order valence-corrected chi connectivity index (χ3v) is 5.12. The van der Waals surface area contributed by atoms with Crippen LogP contribution < -0.4 is 0 Å². The van der Waals surface area contributed by atoms with Crippen LogP contribution in [-0.4, -0.2) is 24.8 Å². The highest BCUT2D eigenvalue weighted by molar-refractivity contribution is 7.88. The molecule has 2 aromatic carbocycles. The smallest absolute Gasteiger partial charge is 0.205 e. The van der Waals surface area contributed by atoms with Crippen molar-refractivity contribution in [1.29, 1.82) is 0 Å². The molecule has 3 rings (SSSR count). The lowest BCUT2D eigenvalue weighted by atomic mass is 9.99. The average Bonchev–Trinajstić information content (AvgIpc) is 2.94. The van der Waals surface area contributed by atoms with Gasteiger partial charge in [-0.25, -0.2) is 8.42 Å². The topological polar surface area (TPSA) is 49.7 Å². The summed E-state index contributed by atoms with van der Waals surface area (Å²) in [4.78, 5) is 0. The fraction of sp³-hybridized carbons (Fsp3) is 0.235. The van der Waals surface area contributed by atoms with Gasteiger partial charge in [-0.05, 0) is 30.2 Å². The van der Waals surface area contributed by atoms with Gasteiger partial charge in [0.1, 0.15) is 0 Å². The van der Waals surface area contributed by atoms with E-state index in [-0.39, 0.29) is 6.04 Å². The summed E-state index contributed by atoms with van der Waals surface area (Å²) in [5.74, 6) is 0. The quantitative estimate of drug-likeness (QED) is 0.848. The van der Waals surface area contributed by atoms with Crippen molar-refractivity contribution in [1.82, 2.24) is 4.41 Å². The molecule has 0 aromatic heterocycles. The van der Waals surface area contributed by atoms with Gasteiger partial charge in [0, 0.05) is 11.4 Å². The van der Waals surface area contributed by atoms with Gasteiger partial charge >= 0.3 is 0 Å². The number of hydrogen-bond acceptors (Lipinski definition) is 3. The Morgan fingerprint density at radius 2 is 1.70 bits per heavy atom. The van der Waals surface area contributed by atoms with Crippen molar-refractivity contribution in [3.63, 3.8) is 0 Å². The van der Waals surface area contributed by atoms with E-state index in [0.717, 1.165) is 22.4 Å². The average molecular weight is 349 g/mol. The third kappa shape index (κ3) is 3.41. The van der Waals surface area contributed by atoms with E-state index in [1.807, 2.05) is 43.3 Å². The first-order valence-corrected chi connectivity index (χ1v) is 9.46. The minimum atomic E-state index is -3.45. The minimum absolute atomic E-state index is 0.335. The molecule has 6 heteroatoms. The number of nitrogens with zero attached hydrogens (tertiary/aromatic N) is 2. The second-order valence-corrected chi connectivity index (χ2v) is 8.00. The van der Waals surface area contributed by atoms with E-state index in [1.165, 1.54) is 10.7 Å². The highest BCUT2D eigenvalue weighted by Crippen LogP contribution is 2.34. The first kappa shape index (κ1) is 16.0. The molecule has 0 fully saturated rings. The second-order valence-electron chi connectivity index (χ2n) is 5.72. The first-order valence-electron chi connectivity index (χ1n) is 7.24. The Morgan fingerprint density at radius 3 is 2.26 bits per heavy atom. The number of benzene rings is 2. The third-order valence-electron chi connectivity index (χ3n) is 3.85. The molecule has 1 aliphatic rings. The molecule has 2 aromatic rings. The molecule has 23 heavy (non-hydrogen) atoms. The van der Waals surface area contributed by atoms with Crippen molar-refractivity contribution in [2.75, 3.05) is 6.26 Å². The highest BCUT2D eigenvalue weighted by Gasteiger charge is 2.34. The fourth-order valence-electron chi connectivity index (χ4n) is 2.65. The zero-order valence-electron chi connectivity index (χ0n) is 12.9. The van der Waals surface area contributed by atoms with E-state index in [4.69, 9.17) is 11.6 Å². The Kier molecular flexibility index (Phi) is 4.17. The van der Waals surface area contributed by atoms with E-state index >= 15 is 0 Å². The molecule has 0 amide bonds. The number of sulfonamides is 1. The Labute approximate surface area is 141 Å². The molecular weight excluding hydrogens is 332 g/mol. The van der Waals surface area contributed by atoms with Gasteiger partial charge in [0.15, 0.2) is 0 Å². The zero-order valence-corrected chi connectivity index (χ0v) is 14.5. The normalized spacial score (nSPS) is 18.1. The molecule has 0 saturated carbocycles. The van der Waals surface area contributed by atoms with Crippen LogP contribution in [0.2, 0.25) is 5.02 Å². The van der Waals surface area contributed by atoms with Crippen molar-refractivity contribution in [3.05, 3.63) is 70.2 Å². The molecule has 0 saturated heterocycles. The summed E-state index contributed by atoms with van der Waals surface area (Å²) in [6.45, 7) is 2.01. The van der Waals surface area contributed by atoms with Crippen molar-refractivity contribution in [3.8, 4) is 0 Å². The standard InChI is InChI=1S/C17H17ClN2O2S/c1-12-3-5-13(6-4-12)16-11-17(20(19-16)23(2,21)22)14-7-9-15(18)10-8-14/h3-10,17H,11H2,1-2H3. The van der Waals surface area contributed by atoms with Crippen LogP contribution in [0.4, 0.5) is 0 Å². The highest BCUT2D eigenvalue weighted by atomic mass is 35.5. The predicted octanol–water partition coefficient (Wildman–Crippen LogP) is 3.76.